The van der Waals surface area contributed by atoms with Crippen molar-refractivity contribution in [3.63, 3.8) is 0 Å². The van der Waals surface area contributed by atoms with Crippen molar-refractivity contribution in [3.8, 4) is 5.75 Å². The number of nitrogens with one attached hydrogen (secondary N) is 1. The molecule has 2 aromatic carbocycles. The Balaban J connectivity index is 1.99. The van der Waals surface area contributed by atoms with Gasteiger partial charge in [0.25, 0.3) is 0 Å². The largest absolute Gasteiger partial charge is 0.495 e. The summed E-state index contributed by atoms with van der Waals surface area (Å²) in [7, 11) is 1.56. The lowest BCUT2D eigenvalue weighted by molar-refractivity contribution is -0.121. The fraction of sp³-hybridized carbons (Fsp3) is 0.300. The third kappa shape index (κ3) is 5.08. The van der Waals surface area contributed by atoms with E-state index < -0.39 is 0 Å². The van der Waals surface area contributed by atoms with Crippen LogP contribution in [0.25, 0.3) is 0 Å². The predicted octanol–water partition coefficient (Wildman–Crippen LogP) is 3.32. The van der Waals surface area contributed by atoms with Crippen molar-refractivity contribution in [2.45, 2.75) is 26.3 Å². The number of methoxy groups -OCH3 is 1. The minimum atomic E-state index is -0.131. The number of anilines is 1. The molecule has 0 aliphatic heterocycles. The van der Waals surface area contributed by atoms with E-state index in [4.69, 9.17) is 4.74 Å². The van der Waals surface area contributed by atoms with E-state index in [9.17, 15) is 9.59 Å². The summed E-state index contributed by atoms with van der Waals surface area (Å²) in [4.78, 5) is 25.8. The molecule has 0 radical (unpaired) electrons. The zero-order chi connectivity index (χ0) is 18.2. The van der Waals surface area contributed by atoms with Gasteiger partial charge >= 0.3 is 0 Å². The van der Waals surface area contributed by atoms with Gasteiger partial charge in [-0.2, -0.15) is 0 Å². The maximum atomic E-state index is 12.3. The Morgan fingerprint density at radius 1 is 1.08 bits per heavy atom. The van der Waals surface area contributed by atoms with Crippen molar-refractivity contribution in [2.75, 3.05) is 18.6 Å². The van der Waals surface area contributed by atoms with E-state index in [1.165, 1.54) is 6.92 Å². The van der Waals surface area contributed by atoms with Gasteiger partial charge in [-0.25, -0.2) is 0 Å². The molecule has 0 bridgehead atoms. The Bertz CT molecular complexity index is 716. The molecule has 1 unspecified atom stereocenters. The summed E-state index contributed by atoms with van der Waals surface area (Å²) < 4.78 is 5.31. The van der Waals surface area contributed by atoms with Crippen molar-refractivity contribution in [1.82, 2.24) is 5.32 Å². The lowest BCUT2D eigenvalue weighted by Gasteiger charge is -2.23. The van der Waals surface area contributed by atoms with Crippen LogP contribution in [0.5, 0.6) is 5.75 Å². The molecule has 2 rings (SSSR count). The Morgan fingerprint density at radius 2 is 1.72 bits per heavy atom. The third-order valence-electron chi connectivity index (χ3n) is 4.00. The predicted molar refractivity (Wildman–Crippen MR) is 98.6 cm³/mol. The molecule has 5 heteroatoms. The van der Waals surface area contributed by atoms with Gasteiger partial charge < -0.3 is 15.0 Å². The maximum Gasteiger partial charge on any atom is 0.223 e. The molecule has 0 heterocycles. The molecule has 132 valence electrons. The summed E-state index contributed by atoms with van der Waals surface area (Å²) in [5, 5.41) is 2.96. The van der Waals surface area contributed by atoms with Crippen molar-refractivity contribution in [1.29, 1.82) is 0 Å². The quantitative estimate of drug-likeness (QED) is 0.841. The van der Waals surface area contributed by atoms with Gasteiger partial charge in [0.2, 0.25) is 11.8 Å². The minimum absolute atomic E-state index is 0.0780. The molecule has 0 saturated heterocycles. The molecule has 0 aromatic heterocycles. The van der Waals surface area contributed by atoms with E-state index in [-0.39, 0.29) is 24.3 Å². The second-order valence-electron chi connectivity index (χ2n) is 5.79. The summed E-state index contributed by atoms with van der Waals surface area (Å²) in [6, 6.07) is 17.0. The standard InChI is InChI=1S/C20H24N2O3/c1-15(17-9-5-4-6-10-17)21-20(24)13-14-22(16(2)23)18-11-7-8-12-19(18)25-3/h4-12,15H,13-14H2,1-3H3,(H,21,24). The van der Waals surface area contributed by atoms with Gasteiger partial charge in [-0.1, -0.05) is 42.5 Å². The van der Waals surface area contributed by atoms with Crippen LogP contribution in [0.3, 0.4) is 0 Å². The topological polar surface area (TPSA) is 58.6 Å². The maximum absolute atomic E-state index is 12.3. The highest BCUT2D eigenvalue weighted by atomic mass is 16.5. The van der Waals surface area contributed by atoms with Gasteiger partial charge in [-0.15, -0.1) is 0 Å². The molecule has 2 amide bonds. The van der Waals surface area contributed by atoms with Gasteiger partial charge in [0.05, 0.1) is 18.8 Å². The van der Waals surface area contributed by atoms with Crippen LogP contribution in [0.4, 0.5) is 5.69 Å². The van der Waals surface area contributed by atoms with E-state index >= 15 is 0 Å². The van der Waals surface area contributed by atoms with Crippen molar-refractivity contribution >= 4 is 17.5 Å². The molecule has 5 nitrogen and oxygen atoms in total. The molecule has 2 aromatic rings. The number of carbonyl (C=O) groups is 2. The molecule has 1 N–H and O–H groups in total. The molecule has 0 aliphatic carbocycles. The Labute approximate surface area is 148 Å². The number of rotatable bonds is 7. The highest BCUT2D eigenvalue weighted by Gasteiger charge is 2.17. The summed E-state index contributed by atoms with van der Waals surface area (Å²) in [5.41, 5.74) is 1.71. The monoisotopic (exact) mass is 340 g/mol. The van der Waals surface area contributed by atoms with Gasteiger partial charge in [0.15, 0.2) is 0 Å². The first-order chi connectivity index (χ1) is 12.0. The number of ether oxygens (including phenoxy) is 1. The van der Waals surface area contributed by atoms with Gasteiger partial charge in [0, 0.05) is 19.9 Å². The fourth-order valence-corrected chi connectivity index (χ4v) is 2.65. The number of para-hydroxylation sites is 2. The third-order valence-corrected chi connectivity index (χ3v) is 4.00. The van der Waals surface area contributed by atoms with E-state index in [0.717, 1.165) is 5.56 Å². The number of hydrogen-bond donors (Lipinski definition) is 1. The molecule has 0 aliphatic rings. The molecular weight excluding hydrogens is 316 g/mol. The van der Waals surface area contributed by atoms with Crippen molar-refractivity contribution in [2.24, 2.45) is 0 Å². The molecule has 0 saturated carbocycles. The number of benzene rings is 2. The first-order valence-electron chi connectivity index (χ1n) is 8.28. The van der Waals surface area contributed by atoms with E-state index in [2.05, 4.69) is 5.32 Å². The lowest BCUT2D eigenvalue weighted by Crippen LogP contribution is -2.34. The number of amides is 2. The Morgan fingerprint density at radius 3 is 2.36 bits per heavy atom. The van der Waals surface area contributed by atoms with Crippen LogP contribution in [0.15, 0.2) is 54.6 Å². The second-order valence-corrected chi connectivity index (χ2v) is 5.79. The van der Waals surface area contributed by atoms with Crippen LogP contribution in [0.1, 0.15) is 31.9 Å². The summed E-state index contributed by atoms with van der Waals surface area (Å²) >= 11 is 0. The molecule has 25 heavy (non-hydrogen) atoms. The van der Waals surface area contributed by atoms with Crippen molar-refractivity contribution < 1.29 is 14.3 Å². The van der Waals surface area contributed by atoms with Crippen LogP contribution in [-0.4, -0.2) is 25.5 Å². The van der Waals surface area contributed by atoms with E-state index in [0.29, 0.717) is 18.0 Å². The van der Waals surface area contributed by atoms with Crippen LogP contribution in [-0.2, 0) is 9.59 Å². The SMILES string of the molecule is COc1ccccc1N(CCC(=O)NC(C)c1ccccc1)C(C)=O. The molecular formula is C20H24N2O3. The first kappa shape index (κ1) is 18.5. The van der Waals surface area contributed by atoms with Crippen LogP contribution in [0.2, 0.25) is 0 Å². The van der Waals surface area contributed by atoms with Crippen LogP contribution in [0, 0.1) is 0 Å². The second kappa shape index (κ2) is 8.87. The highest BCUT2D eigenvalue weighted by molar-refractivity contribution is 5.93. The zero-order valence-corrected chi connectivity index (χ0v) is 14.9. The molecule has 0 fully saturated rings. The molecule has 1 atom stereocenters. The van der Waals surface area contributed by atoms with Crippen molar-refractivity contribution in [3.05, 3.63) is 60.2 Å². The van der Waals surface area contributed by atoms with E-state index in [1.807, 2.05) is 55.5 Å². The minimum Gasteiger partial charge on any atom is -0.495 e. The number of nitrogens with zero attached hydrogens (tertiary/aromatic N) is 1. The first-order valence-corrected chi connectivity index (χ1v) is 8.28. The van der Waals surface area contributed by atoms with Gasteiger partial charge in [-0.05, 0) is 24.6 Å². The highest BCUT2D eigenvalue weighted by Crippen LogP contribution is 2.27. The molecule has 0 spiro atoms. The summed E-state index contributed by atoms with van der Waals surface area (Å²) in [6.07, 6.45) is 0.217. The Kier molecular flexibility index (Phi) is 6.57. The Hall–Kier alpha value is -2.82. The average Bonchev–Trinajstić information content (AvgIpc) is 2.62. The normalized spacial score (nSPS) is 11.5. The fourth-order valence-electron chi connectivity index (χ4n) is 2.65. The zero-order valence-electron chi connectivity index (χ0n) is 14.9. The summed E-state index contributed by atoms with van der Waals surface area (Å²) in [6.45, 7) is 3.72. The summed E-state index contributed by atoms with van der Waals surface area (Å²) in [5.74, 6) is 0.377. The van der Waals surface area contributed by atoms with Gasteiger partial charge in [-0.3, -0.25) is 9.59 Å². The van der Waals surface area contributed by atoms with E-state index in [1.54, 1.807) is 18.1 Å². The average molecular weight is 340 g/mol. The smallest absolute Gasteiger partial charge is 0.223 e. The van der Waals surface area contributed by atoms with Gasteiger partial charge in [0.1, 0.15) is 5.75 Å². The number of carbonyl (C=O) groups excluding carboxylic acids is 2. The lowest BCUT2D eigenvalue weighted by atomic mass is 10.1. The number of hydrogen-bond acceptors (Lipinski definition) is 3. The van der Waals surface area contributed by atoms with Crippen LogP contribution < -0.4 is 15.0 Å². The van der Waals surface area contributed by atoms with Crippen LogP contribution >= 0.6 is 0 Å².